The third-order valence-corrected chi connectivity index (χ3v) is 3.89. The Morgan fingerprint density at radius 2 is 2.25 bits per heavy atom. The number of halogens is 1. The van der Waals surface area contributed by atoms with Gasteiger partial charge in [0.1, 0.15) is 0 Å². The van der Waals surface area contributed by atoms with Crippen LogP contribution in [0.5, 0.6) is 0 Å². The predicted molar refractivity (Wildman–Crippen MR) is 60.2 cm³/mol. The lowest BCUT2D eigenvalue weighted by Crippen LogP contribution is -1.99. The highest BCUT2D eigenvalue weighted by atomic mass is 127. The molecule has 0 radical (unpaired) electrons. The van der Waals surface area contributed by atoms with E-state index in [1.54, 1.807) is 2.78 Å². The molecular formula is C8H6INOS. The molecule has 1 aromatic heterocycles. The van der Waals surface area contributed by atoms with Crippen LogP contribution in [0.15, 0.2) is 23.0 Å². The topological polar surface area (TPSA) is 22.0 Å². The average Bonchev–Trinajstić information content (AvgIpc) is 2.31. The Morgan fingerprint density at radius 1 is 1.50 bits per heavy atom. The highest BCUT2D eigenvalue weighted by Gasteiger charge is 2.03. The second kappa shape index (κ2) is 2.85. The van der Waals surface area contributed by atoms with Crippen molar-refractivity contribution in [2.24, 2.45) is 0 Å². The van der Waals surface area contributed by atoms with Gasteiger partial charge in [0.25, 0.3) is 0 Å². The van der Waals surface area contributed by atoms with Gasteiger partial charge in [0, 0.05) is 0 Å². The summed E-state index contributed by atoms with van der Waals surface area (Å²) in [5.74, 6) is 0. The Balaban J connectivity index is 2.98. The smallest absolute Gasteiger partial charge is 0.256 e. The predicted octanol–water partition coefficient (Wildman–Crippen LogP) is 2.57. The van der Waals surface area contributed by atoms with Crippen molar-refractivity contribution in [2.75, 3.05) is 0 Å². The monoisotopic (exact) mass is 291 g/mol. The van der Waals surface area contributed by atoms with Gasteiger partial charge in [-0.15, -0.1) is 0 Å². The van der Waals surface area contributed by atoms with E-state index in [0.29, 0.717) is 0 Å². The van der Waals surface area contributed by atoms with Crippen LogP contribution in [0.3, 0.4) is 0 Å². The Labute approximate surface area is 87.3 Å². The standard InChI is InChI=1S/C8H6INOS/c1-5-2-3-7-6(4-5)10(9)8(11)12-7/h2-4H,1H3. The molecule has 0 aliphatic heterocycles. The Morgan fingerprint density at radius 3 is 3.00 bits per heavy atom. The summed E-state index contributed by atoms with van der Waals surface area (Å²) < 4.78 is 2.71. The van der Waals surface area contributed by atoms with Gasteiger partial charge in [-0.3, -0.25) is 4.79 Å². The zero-order chi connectivity index (χ0) is 8.72. The van der Waals surface area contributed by atoms with Crippen molar-refractivity contribution in [1.82, 2.24) is 2.78 Å². The van der Waals surface area contributed by atoms with Crippen molar-refractivity contribution < 1.29 is 0 Å². The fraction of sp³-hybridized carbons (Fsp3) is 0.125. The number of aromatic nitrogens is 1. The third-order valence-electron chi connectivity index (χ3n) is 1.68. The fourth-order valence-corrected chi connectivity index (χ4v) is 2.72. The average molecular weight is 291 g/mol. The molecule has 0 bridgehead atoms. The molecule has 2 aromatic rings. The second-order valence-electron chi connectivity index (χ2n) is 2.62. The lowest BCUT2D eigenvalue weighted by molar-refractivity contribution is 1.35. The molecule has 0 aliphatic carbocycles. The summed E-state index contributed by atoms with van der Waals surface area (Å²) in [5.41, 5.74) is 2.20. The molecule has 0 saturated heterocycles. The van der Waals surface area contributed by atoms with Gasteiger partial charge in [0.15, 0.2) is 0 Å². The maximum absolute atomic E-state index is 11.2. The van der Waals surface area contributed by atoms with E-state index in [9.17, 15) is 4.79 Å². The summed E-state index contributed by atoms with van der Waals surface area (Å²) in [4.78, 5) is 11.3. The summed E-state index contributed by atoms with van der Waals surface area (Å²) in [6, 6.07) is 6.04. The van der Waals surface area contributed by atoms with Crippen LogP contribution in [0.1, 0.15) is 5.56 Å². The quantitative estimate of drug-likeness (QED) is 0.684. The molecular weight excluding hydrogens is 285 g/mol. The Hall–Kier alpha value is -0.360. The summed E-state index contributed by atoms with van der Waals surface area (Å²) in [7, 11) is 0. The van der Waals surface area contributed by atoms with Crippen molar-refractivity contribution in [1.29, 1.82) is 0 Å². The van der Waals surface area contributed by atoms with Crippen LogP contribution in [0.4, 0.5) is 0 Å². The van der Waals surface area contributed by atoms with Crippen LogP contribution in [0.2, 0.25) is 0 Å². The summed E-state index contributed by atoms with van der Waals surface area (Å²) in [6.07, 6.45) is 0. The highest BCUT2D eigenvalue weighted by Crippen LogP contribution is 2.19. The van der Waals surface area contributed by atoms with E-state index < -0.39 is 0 Å². The van der Waals surface area contributed by atoms with Gasteiger partial charge in [0.2, 0.25) is 0 Å². The van der Waals surface area contributed by atoms with Crippen molar-refractivity contribution in [3.05, 3.63) is 33.4 Å². The number of hydrogen-bond acceptors (Lipinski definition) is 2. The van der Waals surface area contributed by atoms with E-state index in [2.05, 4.69) is 0 Å². The Kier molecular flexibility index (Phi) is 1.96. The molecule has 4 heteroatoms. The molecule has 0 N–H and O–H groups in total. The largest absolute Gasteiger partial charge is 0.317 e. The molecule has 2 nitrogen and oxygen atoms in total. The SMILES string of the molecule is Cc1ccc2sc(=O)n(I)c2c1. The van der Waals surface area contributed by atoms with Crippen molar-refractivity contribution in [2.45, 2.75) is 6.92 Å². The normalized spacial score (nSPS) is 10.8. The van der Waals surface area contributed by atoms with Crippen LogP contribution in [0, 0.1) is 6.92 Å². The van der Waals surface area contributed by atoms with E-state index in [4.69, 9.17) is 0 Å². The number of fused-ring (bicyclic) bond motifs is 1. The third kappa shape index (κ3) is 1.19. The number of thiazole rings is 1. The van der Waals surface area contributed by atoms with E-state index in [-0.39, 0.29) is 4.87 Å². The minimum Gasteiger partial charge on any atom is -0.256 e. The second-order valence-corrected chi connectivity index (χ2v) is 4.58. The first-order chi connectivity index (χ1) is 5.68. The summed E-state index contributed by atoms with van der Waals surface area (Å²) in [5, 5.41) is 0. The zero-order valence-electron chi connectivity index (χ0n) is 6.37. The van der Waals surface area contributed by atoms with Crippen LogP contribution in [-0.2, 0) is 0 Å². The summed E-state index contributed by atoms with van der Waals surface area (Å²) >= 11 is 3.32. The van der Waals surface area contributed by atoms with Gasteiger partial charge < -0.3 is 0 Å². The number of aryl methyl sites for hydroxylation is 1. The fourth-order valence-electron chi connectivity index (χ4n) is 1.10. The molecule has 0 unspecified atom stereocenters. The van der Waals surface area contributed by atoms with Gasteiger partial charge in [-0.1, -0.05) is 17.4 Å². The molecule has 62 valence electrons. The molecule has 0 amide bonds. The minimum atomic E-state index is 0.0937. The maximum Gasteiger partial charge on any atom is 0.317 e. The van der Waals surface area contributed by atoms with Crippen molar-refractivity contribution in [3.8, 4) is 0 Å². The summed E-state index contributed by atoms with van der Waals surface area (Å²) in [6.45, 7) is 2.03. The van der Waals surface area contributed by atoms with Gasteiger partial charge in [-0.25, -0.2) is 2.78 Å². The molecule has 1 aromatic carbocycles. The van der Waals surface area contributed by atoms with Gasteiger partial charge >= 0.3 is 4.87 Å². The first-order valence-corrected chi connectivity index (χ1v) is 5.25. The lowest BCUT2D eigenvalue weighted by atomic mass is 10.2. The van der Waals surface area contributed by atoms with E-state index >= 15 is 0 Å². The molecule has 2 rings (SSSR count). The van der Waals surface area contributed by atoms with E-state index in [1.807, 2.05) is 48.0 Å². The molecule has 0 spiro atoms. The number of nitrogens with zero attached hydrogens (tertiary/aromatic N) is 1. The first-order valence-electron chi connectivity index (χ1n) is 3.47. The van der Waals surface area contributed by atoms with Crippen LogP contribution >= 0.6 is 34.2 Å². The Bertz CT molecular complexity index is 485. The molecule has 0 fully saturated rings. The number of benzene rings is 1. The van der Waals surface area contributed by atoms with Crippen LogP contribution < -0.4 is 4.87 Å². The lowest BCUT2D eigenvalue weighted by Gasteiger charge is -1.92. The van der Waals surface area contributed by atoms with E-state index in [0.717, 1.165) is 10.2 Å². The molecule has 0 aliphatic rings. The highest BCUT2D eigenvalue weighted by molar-refractivity contribution is 14.1. The first kappa shape index (κ1) is 8.25. The number of rotatable bonds is 0. The van der Waals surface area contributed by atoms with Crippen molar-refractivity contribution >= 4 is 44.4 Å². The van der Waals surface area contributed by atoms with Gasteiger partial charge in [0.05, 0.1) is 33.1 Å². The van der Waals surface area contributed by atoms with Gasteiger partial charge in [-0.2, -0.15) is 0 Å². The van der Waals surface area contributed by atoms with Gasteiger partial charge in [-0.05, 0) is 24.6 Å². The molecule has 1 heterocycles. The minimum absolute atomic E-state index is 0.0937. The molecule has 0 saturated carbocycles. The molecule has 0 atom stereocenters. The molecule has 12 heavy (non-hydrogen) atoms. The maximum atomic E-state index is 11.2. The van der Waals surface area contributed by atoms with Crippen molar-refractivity contribution in [3.63, 3.8) is 0 Å². The number of hydrogen-bond donors (Lipinski definition) is 0. The zero-order valence-corrected chi connectivity index (χ0v) is 9.35. The van der Waals surface area contributed by atoms with Crippen LogP contribution in [-0.4, -0.2) is 2.78 Å². The van der Waals surface area contributed by atoms with Crippen LogP contribution in [0.25, 0.3) is 10.2 Å². The van der Waals surface area contributed by atoms with E-state index in [1.165, 1.54) is 16.9 Å².